The Bertz CT molecular complexity index is 905. The van der Waals surface area contributed by atoms with Gasteiger partial charge in [0.2, 0.25) is 0 Å². The van der Waals surface area contributed by atoms with Gasteiger partial charge >= 0.3 is 12.1 Å². The van der Waals surface area contributed by atoms with Gasteiger partial charge in [-0.15, -0.1) is 0 Å². The maximum Gasteiger partial charge on any atom is 0.490 e. The number of nitrogens with zero attached hydrogens (tertiary/aromatic N) is 5. The van der Waals surface area contributed by atoms with Crippen LogP contribution in [-0.4, -0.2) is 62.9 Å². The highest BCUT2D eigenvalue weighted by atomic mass is 19.4. The molecule has 0 unspecified atom stereocenters. The topological polar surface area (TPSA) is 74.0 Å². The molecule has 10 heteroatoms. The number of anilines is 1. The van der Waals surface area contributed by atoms with E-state index in [1.165, 1.54) is 5.69 Å². The van der Waals surface area contributed by atoms with Crippen LogP contribution in [0.3, 0.4) is 0 Å². The van der Waals surface area contributed by atoms with Crippen LogP contribution in [0.15, 0.2) is 55.0 Å². The summed E-state index contributed by atoms with van der Waals surface area (Å²) in [6.45, 7) is 5.16. The van der Waals surface area contributed by atoms with Crippen LogP contribution in [0.25, 0.3) is 5.52 Å². The molecule has 1 fully saturated rings. The van der Waals surface area contributed by atoms with Crippen molar-refractivity contribution < 1.29 is 23.1 Å². The van der Waals surface area contributed by atoms with Crippen molar-refractivity contribution in [3.63, 3.8) is 0 Å². The van der Waals surface area contributed by atoms with Crippen molar-refractivity contribution in [1.29, 1.82) is 0 Å². The maximum absolute atomic E-state index is 10.6. The highest BCUT2D eigenvalue weighted by molar-refractivity contribution is 5.73. The average Bonchev–Trinajstić information content (AvgIpc) is 3.11. The van der Waals surface area contributed by atoms with Crippen LogP contribution in [0, 0.1) is 0 Å². The highest BCUT2D eigenvalue weighted by Crippen LogP contribution is 2.16. The SMILES string of the molecule is O=C(O)C(F)(F)F.c1ccn2nc(CN3CCN(c4ccncc4)CC3)cc2c1. The van der Waals surface area contributed by atoms with Gasteiger partial charge in [-0.05, 0) is 30.3 Å². The Labute approximate surface area is 165 Å². The molecule has 1 aliphatic rings. The number of pyridine rings is 2. The summed E-state index contributed by atoms with van der Waals surface area (Å²) in [7, 11) is 0. The number of hydrogen-bond acceptors (Lipinski definition) is 5. The summed E-state index contributed by atoms with van der Waals surface area (Å²) in [5.41, 5.74) is 3.57. The number of piperazine rings is 1. The number of alkyl halides is 3. The number of fused-ring (bicyclic) bond motifs is 1. The number of halogens is 3. The van der Waals surface area contributed by atoms with E-state index >= 15 is 0 Å². The van der Waals surface area contributed by atoms with Gasteiger partial charge in [0.25, 0.3) is 0 Å². The lowest BCUT2D eigenvalue weighted by atomic mass is 10.2. The lowest BCUT2D eigenvalue weighted by molar-refractivity contribution is -0.192. The van der Waals surface area contributed by atoms with E-state index in [2.05, 4.69) is 44.1 Å². The second-order valence-electron chi connectivity index (χ2n) is 6.48. The number of hydrogen-bond donors (Lipinski definition) is 1. The Kier molecular flexibility index (Phi) is 6.32. The summed E-state index contributed by atoms with van der Waals surface area (Å²) >= 11 is 0. The third kappa shape index (κ3) is 5.67. The standard InChI is InChI=1S/C17H19N5.C2HF3O2/c1-2-8-22-17(3-1)13-15(19-22)14-20-9-11-21(12-10-20)16-4-6-18-7-5-16;3-2(4,5)1(6)7/h1-8,13H,9-12,14H2;(H,6,7). The predicted octanol–water partition coefficient (Wildman–Crippen LogP) is 2.68. The number of carbonyl (C=O) groups is 1. The van der Waals surface area contributed by atoms with E-state index in [-0.39, 0.29) is 0 Å². The fourth-order valence-corrected chi connectivity index (χ4v) is 3.02. The molecule has 0 aliphatic carbocycles. The largest absolute Gasteiger partial charge is 0.490 e. The first-order valence-electron chi connectivity index (χ1n) is 8.93. The zero-order valence-corrected chi connectivity index (χ0v) is 15.5. The Morgan fingerprint density at radius 3 is 2.31 bits per heavy atom. The summed E-state index contributed by atoms with van der Waals surface area (Å²) in [5.74, 6) is -2.76. The molecule has 3 aromatic rings. The second-order valence-corrected chi connectivity index (χ2v) is 6.48. The van der Waals surface area contributed by atoms with Crippen LogP contribution in [0.2, 0.25) is 0 Å². The molecule has 0 saturated carbocycles. The minimum atomic E-state index is -5.08. The van der Waals surface area contributed by atoms with Crippen LogP contribution in [-0.2, 0) is 11.3 Å². The van der Waals surface area contributed by atoms with E-state index in [1.807, 2.05) is 35.2 Å². The molecule has 7 nitrogen and oxygen atoms in total. The molecule has 1 N–H and O–H groups in total. The molecule has 4 rings (SSSR count). The van der Waals surface area contributed by atoms with Gasteiger partial charge in [-0.25, -0.2) is 9.31 Å². The number of aliphatic carboxylic acids is 1. The van der Waals surface area contributed by atoms with Crippen LogP contribution in [0.4, 0.5) is 18.9 Å². The van der Waals surface area contributed by atoms with Gasteiger partial charge < -0.3 is 10.0 Å². The minimum Gasteiger partial charge on any atom is -0.475 e. The lowest BCUT2D eigenvalue weighted by Crippen LogP contribution is -2.46. The lowest BCUT2D eigenvalue weighted by Gasteiger charge is -2.35. The van der Waals surface area contributed by atoms with Crippen molar-refractivity contribution in [1.82, 2.24) is 19.5 Å². The first-order chi connectivity index (χ1) is 13.8. The minimum absolute atomic E-state index is 0.922. The molecular weight excluding hydrogens is 387 g/mol. The monoisotopic (exact) mass is 407 g/mol. The fraction of sp³-hybridized carbons (Fsp3) is 0.316. The van der Waals surface area contributed by atoms with E-state index in [9.17, 15) is 13.2 Å². The van der Waals surface area contributed by atoms with Crippen LogP contribution in [0.5, 0.6) is 0 Å². The molecule has 154 valence electrons. The molecule has 0 amide bonds. The highest BCUT2D eigenvalue weighted by Gasteiger charge is 2.38. The molecule has 0 spiro atoms. The molecule has 29 heavy (non-hydrogen) atoms. The molecule has 0 radical (unpaired) electrons. The van der Waals surface area contributed by atoms with Gasteiger partial charge in [-0.1, -0.05) is 6.07 Å². The van der Waals surface area contributed by atoms with Gasteiger partial charge in [0, 0.05) is 57.0 Å². The quantitative estimate of drug-likeness (QED) is 0.720. The first kappa shape index (κ1) is 20.6. The second kappa shape index (κ2) is 8.91. The molecule has 1 saturated heterocycles. The van der Waals surface area contributed by atoms with Crippen molar-refractivity contribution in [2.45, 2.75) is 12.7 Å². The Hall–Kier alpha value is -3.14. The van der Waals surface area contributed by atoms with Crippen molar-refractivity contribution >= 4 is 17.2 Å². The van der Waals surface area contributed by atoms with Gasteiger partial charge in [-0.2, -0.15) is 18.3 Å². The molecule has 0 atom stereocenters. The summed E-state index contributed by atoms with van der Waals surface area (Å²) in [5, 5.41) is 11.8. The van der Waals surface area contributed by atoms with E-state index < -0.39 is 12.1 Å². The van der Waals surface area contributed by atoms with E-state index in [1.54, 1.807) is 0 Å². The van der Waals surface area contributed by atoms with Crippen molar-refractivity contribution in [3.8, 4) is 0 Å². The van der Waals surface area contributed by atoms with Gasteiger partial charge in [-0.3, -0.25) is 9.88 Å². The third-order valence-electron chi connectivity index (χ3n) is 4.45. The van der Waals surface area contributed by atoms with E-state index in [0.29, 0.717) is 0 Å². The van der Waals surface area contributed by atoms with Crippen LogP contribution in [0.1, 0.15) is 5.69 Å². The zero-order chi connectivity index (χ0) is 20.9. The van der Waals surface area contributed by atoms with E-state index in [0.717, 1.165) is 43.9 Å². The van der Waals surface area contributed by atoms with Gasteiger partial charge in [0.05, 0.1) is 11.2 Å². The summed E-state index contributed by atoms with van der Waals surface area (Å²) in [6, 6.07) is 12.5. The summed E-state index contributed by atoms with van der Waals surface area (Å²) in [4.78, 5) is 17.9. The predicted molar refractivity (Wildman–Crippen MR) is 101 cm³/mol. The number of carboxylic acids is 1. The first-order valence-corrected chi connectivity index (χ1v) is 8.93. The maximum atomic E-state index is 10.6. The molecule has 1 aliphatic heterocycles. The fourth-order valence-electron chi connectivity index (χ4n) is 3.02. The van der Waals surface area contributed by atoms with Crippen molar-refractivity contribution in [2.24, 2.45) is 0 Å². The number of aromatic nitrogens is 3. The summed E-state index contributed by atoms with van der Waals surface area (Å²) in [6.07, 6.45) is 0.636. The summed E-state index contributed by atoms with van der Waals surface area (Å²) < 4.78 is 33.7. The Balaban J connectivity index is 0.000000298. The van der Waals surface area contributed by atoms with Gasteiger partial charge in [0.15, 0.2) is 0 Å². The normalized spacial score (nSPS) is 15.1. The Morgan fingerprint density at radius 1 is 1.07 bits per heavy atom. The number of carboxylic acid groups (broad SMARTS) is 1. The molecule has 4 heterocycles. The Morgan fingerprint density at radius 2 is 1.72 bits per heavy atom. The van der Waals surface area contributed by atoms with Crippen molar-refractivity contribution in [2.75, 3.05) is 31.1 Å². The molecule has 0 bridgehead atoms. The molecule has 3 aromatic heterocycles. The smallest absolute Gasteiger partial charge is 0.475 e. The zero-order valence-electron chi connectivity index (χ0n) is 15.5. The molecular formula is C19H20F3N5O2. The van der Waals surface area contributed by atoms with Gasteiger partial charge in [0.1, 0.15) is 0 Å². The third-order valence-corrected chi connectivity index (χ3v) is 4.45. The van der Waals surface area contributed by atoms with Crippen LogP contribution < -0.4 is 4.90 Å². The number of rotatable bonds is 3. The van der Waals surface area contributed by atoms with Crippen LogP contribution >= 0.6 is 0 Å². The van der Waals surface area contributed by atoms with E-state index in [4.69, 9.17) is 9.90 Å². The average molecular weight is 407 g/mol. The molecule has 0 aromatic carbocycles. The van der Waals surface area contributed by atoms with Crippen molar-refractivity contribution in [3.05, 3.63) is 60.7 Å².